The number of carbonyl (C=O) groups is 1. The molecule has 0 radical (unpaired) electrons. The van der Waals surface area contributed by atoms with Gasteiger partial charge in [-0.15, -0.1) is 24.8 Å². The second-order valence-corrected chi connectivity index (χ2v) is 5.80. The van der Waals surface area contributed by atoms with Gasteiger partial charge >= 0.3 is 5.69 Å². The molecule has 1 unspecified atom stereocenters. The number of amides is 1. The molecule has 1 amide bonds. The Bertz CT molecular complexity index is 887. The number of hydrogen-bond donors (Lipinski definition) is 2. The van der Waals surface area contributed by atoms with Crippen molar-refractivity contribution in [3.05, 3.63) is 38.7 Å². The molecule has 1 saturated heterocycles. The fourth-order valence-electron chi connectivity index (χ4n) is 2.84. The van der Waals surface area contributed by atoms with Gasteiger partial charge in [-0.3, -0.25) is 18.7 Å². The lowest BCUT2D eigenvalue weighted by molar-refractivity contribution is 0.0950. The van der Waals surface area contributed by atoms with Gasteiger partial charge in [0.05, 0.1) is 10.9 Å². The van der Waals surface area contributed by atoms with E-state index in [1.54, 1.807) is 7.05 Å². The molecule has 1 atom stereocenters. The maximum absolute atomic E-state index is 12.2. The van der Waals surface area contributed by atoms with E-state index in [0.29, 0.717) is 18.2 Å². The molecule has 0 spiro atoms. The molecule has 138 valence electrons. The van der Waals surface area contributed by atoms with E-state index in [1.807, 2.05) is 0 Å². The first kappa shape index (κ1) is 21.1. The van der Waals surface area contributed by atoms with Gasteiger partial charge in [0.15, 0.2) is 0 Å². The number of hydrogen-bond acceptors (Lipinski definition) is 5. The topological polar surface area (TPSA) is 98.0 Å². The molecule has 10 heteroatoms. The molecule has 0 saturated carbocycles. The molecule has 3 heterocycles. The van der Waals surface area contributed by atoms with Crippen LogP contribution in [0.5, 0.6) is 0 Å². The SMILES string of the molecule is Cl.Cl.Cn1c(=O)c2cc(C(=O)NCC3CCCN3)cnc2n(C)c1=O. The lowest BCUT2D eigenvalue weighted by atomic mass is 10.2. The molecule has 8 nitrogen and oxygen atoms in total. The summed E-state index contributed by atoms with van der Waals surface area (Å²) in [4.78, 5) is 40.4. The number of aromatic nitrogens is 3. The highest BCUT2D eigenvalue weighted by Crippen LogP contribution is 2.08. The van der Waals surface area contributed by atoms with Gasteiger partial charge in [0.2, 0.25) is 0 Å². The van der Waals surface area contributed by atoms with Crippen LogP contribution in [0.4, 0.5) is 0 Å². The first-order valence-electron chi connectivity index (χ1n) is 7.56. The first-order valence-corrected chi connectivity index (χ1v) is 7.56. The maximum Gasteiger partial charge on any atom is 0.332 e. The summed E-state index contributed by atoms with van der Waals surface area (Å²) in [6.45, 7) is 1.52. The second kappa shape index (κ2) is 8.46. The van der Waals surface area contributed by atoms with E-state index in [2.05, 4.69) is 15.6 Å². The Kier molecular flexibility index (Phi) is 7.16. The molecule has 1 aliphatic heterocycles. The van der Waals surface area contributed by atoms with Gasteiger partial charge in [0.1, 0.15) is 5.65 Å². The molecule has 2 aromatic heterocycles. The van der Waals surface area contributed by atoms with E-state index in [1.165, 1.54) is 23.9 Å². The zero-order valence-electron chi connectivity index (χ0n) is 13.9. The Morgan fingerprint density at radius 1 is 1.32 bits per heavy atom. The van der Waals surface area contributed by atoms with Crippen molar-refractivity contribution in [1.29, 1.82) is 0 Å². The average molecular weight is 390 g/mol. The lowest BCUT2D eigenvalue weighted by Crippen LogP contribution is -2.38. The number of rotatable bonds is 3. The summed E-state index contributed by atoms with van der Waals surface area (Å²) in [6.07, 6.45) is 3.54. The van der Waals surface area contributed by atoms with Gasteiger partial charge in [-0.05, 0) is 25.5 Å². The van der Waals surface area contributed by atoms with Crippen LogP contribution in [0, 0.1) is 0 Å². The molecule has 0 aromatic carbocycles. The Hall–Kier alpha value is -1.90. The minimum absolute atomic E-state index is 0. The Balaban J connectivity index is 0.00000156. The Morgan fingerprint density at radius 2 is 2.04 bits per heavy atom. The molecule has 0 bridgehead atoms. The highest BCUT2D eigenvalue weighted by molar-refractivity contribution is 5.96. The molecule has 0 aliphatic carbocycles. The van der Waals surface area contributed by atoms with E-state index >= 15 is 0 Å². The van der Waals surface area contributed by atoms with Crippen molar-refractivity contribution in [1.82, 2.24) is 24.8 Å². The fourth-order valence-corrected chi connectivity index (χ4v) is 2.84. The lowest BCUT2D eigenvalue weighted by Gasteiger charge is -2.12. The van der Waals surface area contributed by atoms with Crippen LogP contribution in [-0.2, 0) is 14.1 Å². The minimum atomic E-state index is -0.456. The molecule has 25 heavy (non-hydrogen) atoms. The summed E-state index contributed by atoms with van der Waals surface area (Å²) in [7, 11) is 2.95. The van der Waals surface area contributed by atoms with Crippen molar-refractivity contribution in [2.24, 2.45) is 14.1 Å². The van der Waals surface area contributed by atoms with E-state index in [-0.39, 0.29) is 41.8 Å². The standard InChI is InChI=1S/C15H19N5O3.2ClH/c1-19-12-11(14(22)20(2)15(19)23)6-9(7-17-12)13(21)18-8-10-4-3-5-16-10;;/h6-7,10,16H,3-5,8H2,1-2H3,(H,18,21);2*1H. The number of halogens is 2. The van der Waals surface area contributed by atoms with Crippen LogP contribution < -0.4 is 21.9 Å². The molecule has 2 aromatic rings. The van der Waals surface area contributed by atoms with E-state index in [0.717, 1.165) is 24.0 Å². The average Bonchev–Trinajstić information content (AvgIpc) is 3.08. The zero-order valence-corrected chi connectivity index (χ0v) is 15.6. The molecule has 3 rings (SSSR count). The van der Waals surface area contributed by atoms with E-state index in [4.69, 9.17) is 0 Å². The smallest absolute Gasteiger partial charge is 0.332 e. The van der Waals surface area contributed by atoms with Gasteiger partial charge in [0.25, 0.3) is 11.5 Å². The van der Waals surface area contributed by atoms with Crippen molar-refractivity contribution in [3.8, 4) is 0 Å². The quantitative estimate of drug-likeness (QED) is 0.767. The van der Waals surface area contributed by atoms with Crippen LogP contribution in [-0.4, -0.2) is 39.2 Å². The highest BCUT2D eigenvalue weighted by atomic mass is 35.5. The normalized spacial score (nSPS) is 16.2. The third-order valence-electron chi connectivity index (χ3n) is 4.23. The van der Waals surface area contributed by atoms with Gasteiger partial charge in [-0.1, -0.05) is 0 Å². The summed E-state index contributed by atoms with van der Waals surface area (Å²) in [6, 6.07) is 1.78. The van der Waals surface area contributed by atoms with Crippen LogP contribution in [0.2, 0.25) is 0 Å². The number of nitrogens with one attached hydrogen (secondary N) is 2. The third kappa shape index (κ3) is 4.02. The maximum atomic E-state index is 12.2. The van der Waals surface area contributed by atoms with Crippen molar-refractivity contribution in [2.45, 2.75) is 18.9 Å². The summed E-state index contributed by atoms with van der Waals surface area (Å²) in [5.74, 6) is -0.274. The predicted molar refractivity (Wildman–Crippen MR) is 100 cm³/mol. The molecular formula is C15H21Cl2N5O3. The van der Waals surface area contributed by atoms with Crippen molar-refractivity contribution < 1.29 is 4.79 Å². The number of pyridine rings is 1. The van der Waals surface area contributed by atoms with E-state index < -0.39 is 11.2 Å². The Labute approximate surface area is 156 Å². The number of aryl methyl sites for hydroxylation is 1. The molecular weight excluding hydrogens is 369 g/mol. The largest absolute Gasteiger partial charge is 0.350 e. The highest BCUT2D eigenvalue weighted by Gasteiger charge is 2.17. The van der Waals surface area contributed by atoms with Crippen LogP contribution in [0.1, 0.15) is 23.2 Å². The van der Waals surface area contributed by atoms with Crippen molar-refractivity contribution in [2.75, 3.05) is 13.1 Å². The monoisotopic (exact) mass is 389 g/mol. The summed E-state index contributed by atoms with van der Waals surface area (Å²) in [5, 5.41) is 6.40. The number of carbonyl (C=O) groups excluding carboxylic acids is 1. The van der Waals surface area contributed by atoms with Crippen LogP contribution in [0.3, 0.4) is 0 Å². The van der Waals surface area contributed by atoms with Gasteiger partial charge in [-0.25, -0.2) is 9.78 Å². The first-order chi connectivity index (χ1) is 11.0. The van der Waals surface area contributed by atoms with Gasteiger partial charge < -0.3 is 10.6 Å². The number of nitrogens with zero attached hydrogens (tertiary/aromatic N) is 3. The van der Waals surface area contributed by atoms with Crippen LogP contribution >= 0.6 is 24.8 Å². The van der Waals surface area contributed by atoms with Crippen LogP contribution in [0.25, 0.3) is 11.0 Å². The van der Waals surface area contributed by atoms with Gasteiger partial charge in [0, 0.05) is 32.9 Å². The molecule has 2 N–H and O–H groups in total. The van der Waals surface area contributed by atoms with Crippen molar-refractivity contribution in [3.63, 3.8) is 0 Å². The fraction of sp³-hybridized carbons (Fsp3) is 0.467. The van der Waals surface area contributed by atoms with Crippen LogP contribution in [0.15, 0.2) is 21.9 Å². The third-order valence-corrected chi connectivity index (χ3v) is 4.23. The summed E-state index contributed by atoms with van der Waals surface area (Å²) < 4.78 is 2.30. The summed E-state index contributed by atoms with van der Waals surface area (Å²) >= 11 is 0. The van der Waals surface area contributed by atoms with Crippen molar-refractivity contribution >= 4 is 41.8 Å². The summed E-state index contributed by atoms with van der Waals surface area (Å²) in [5.41, 5.74) is -0.319. The second-order valence-electron chi connectivity index (χ2n) is 5.80. The number of fused-ring (bicyclic) bond motifs is 1. The van der Waals surface area contributed by atoms with E-state index in [9.17, 15) is 14.4 Å². The zero-order chi connectivity index (χ0) is 16.6. The minimum Gasteiger partial charge on any atom is -0.350 e. The molecule has 1 aliphatic rings. The predicted octanol–water partition coefficient (Wildman–Crippen LogP) is -0.0424. The Morgan fingerprint density at radius 3 is 2.68 bits per heavy atom. The molecule has 1 fully saturated rings. The van der Waals surface area contributed by atoms with Gasteiger partial charge in [-0.2, -0.15) is 0 Å².